The molecule has 1 aromatic carbocycles. The molecule has 0 N–H and O–H groups in total. The van der Waals surface area contributed by atoms with Gasteiger partial charge in [-0.3, -0.25) is 0 Å². The van der Waals surface area contributed by atoms with E-state index in [1.807, 2.05) is 0 Å². The minimum absolute atomic E-state index is 0.359. The van der Waals surface area contributed by atoms with Gasteiger partial charge < -0.3 is 0 Å². The van der Waals surface area contributed by atoms with E-state index in [-0.39, 0.29) is 0 Å². The Bertz CT molecular complexity index is 374. The molecule has 0 amide bonds. The minimum Gasteiger partial charge on any atom is -0.0599 e. The molecule has 102 valence electrons. The summed E-state index contributed by atoms with van der Waals surface area (Å²) < 4.78 is 0. The highest BCUT2D eigenvalue weighted by molar-refractivity contribution is 5.42. The molecule has 0 nitrogen and oxygen atoms in total. The van der Waals surface area contributed by atoms with Crippen molar-refractivity contribution in [3.8, 4) is 0 Å². The first-order valence-corrected chi connectivity index (χ1v) is 7.25. The summed E-state index contributed by atoms with van der Waals surface area (Å²) in [6.07, 6.45) is 1.16. The fourth-order valence-corrected chi connectivity index (χ4v) is 2.74. The van der Waals surface area contributed by atoms with Gasteiger partial charge >= 0.3 is 0 Å². The van der Waals surface area contributed by atoms with Crippen molar-refractivity contribution < 1.29 is 0 Å². The first-order chi connectivity index (χ1) is 8.11. The average Bonchev–Trinajstić information content (AvgIpc) is 2.17. The second kappa shape index (κ2) is 5.47. The lowest BCUT2D eigenvalue weighted by molar-refractivity contribution is 0.411. The largest absolute Gasteiger partial charge is 0.0599 e. The molecule has 0 aliphatic carbocycles. The monoisotopic (exact) mass is 246 g/mol. The van der Waals surface area contributed by atoms with Crippen molar-refractivity contribution in [3.05, 3.63) is 34.4 Å². The van der Waals surface area contributed by atoms with Crippen LogP contribution >= 0.6 is 0 Å². The van der Waals surface area contributed by atoms with Gasteiger partial charge in [0, 0.05) is 0 Å². The SMILES string of the molecule is Cc1c(C(C)C)cc(CC(C)(C)C)cc1C(C)C. The van der Waals surface area contributed by atoms with Crippen molar-refractivity contribution in [1.29, 1.82) is 0 Å². The standard InChI is InChI=1S/C18H30/c1-12(2)16-9-15(11-18(6,7)8)10-17(13(3)4)14(16)5/h9-10,12-13H,11H2,1-8H3. The van der Waals surface area contributed by atoms with Gasteiger partial charge in [-0.25, -0.2) is 0 Å². The van der Waals surface area contributed by atoms with Crippen LogP contribution in [0.5, 0.6) is 0 Å². The van der Waals surface area contributed by atoms with Crippen LogP contribution in [0.3, 0.4) is 0 Å². The summed E-state index contributed by atoms with van der Waals surface area (Å²) in [5.41, 5.74) is 6.41. The Morgan fingerprint density at radius 3 is 1.56 bits per heavy atom. The second-order valence-electron chi connectivity index (χ2n) is 7.45. The van der Waals surface area contributed by atoms with E-state index in [9.17, 15) is 0 Å². The lowest BCUT2D eigenvalue weighted by Crippen LogP contribution is -2.11. The minimum atomic E-state index is 0.359. The van der Waals surface area contributed by atoms with Crippen LogP contribution in [0.2, 0.25) is 0 Å². The third-order valence-electron chi connectivity index (χ3n) is 3.53. The van der Waals surface area contributed by atoms with E-state index >= 15 is 0 Å². The smallest absolute Gasteiger partial charge is 0.0216 e. The van der Waals surface area contributed by atoms with Gasteiger partial charge in [0.15, 0.2) is 0 Å². The summed E-state index contributed by atoms with van der Waals surface area (Å²) in [4.78, 5) is 0. The van der Waals surface area contributed by atoms with Crippen LogP contribution in [-0.4, -0.2) is 0 Å². The Hall–Kier alpha value is -0.780. The van der Waals surface area contributed by atoms with Crippen LogP contribution in [0.25, 0.3) is 0 Å². The summed E-state index contributed by atoms with van der Waals surface area (Å²) in [5.74, 6) is 1.23. The zero-order chi connectivity index (χ0) is 14.1. The van der Waals surface area contributed by atoms with E-state index in [1.165, 1.54) is 22.3 Å². The molecule has 0 aromatic heterocycles. The molecule has 1 aromatic rings. The Kier molecular flexibility index (Phi) is 4.64. The molecule has 0 aliphatic heterocycles. The van der Waals surface area contributed by atoms with Crippen LogP contribution in [-0.2, 0) is 6.42 Å². The Balaban J connectivity index is 3.29. The van der Waals surface area contributed by atoms with Crippen LogP contribution in [0.1, 0.15) is 82.6 Å². The van der Waals surface area contributed by atoms with Crippen LogP contribution in [0, 0.1) is 12.3 Å². The topological polar surface area (TPSA) is 0 Å². The lowest BCUT2D eigenvalue weighted by Gasteiger charge is -2.23. The maximum atomic E-state index is 2.43. The van der Waals surface area contributed by atoms with Gasteiger partial charge in [-0.05, 0) is 52.8 Å². The van der Waals surface area contributed by atoms with E-state index < -0.39 is 0 Å². The molecular weight excluding hydrogens is 216 g/mol. The number of benzene rings is 1. The van der Waals surface area contributed by atoms with Gasteiger partial charge in [0.05, 0.1) is 0 Å². The summed E-state index contributed by atoms with van der Waals surface area (Å²) >= 11 is 0. The molecule has 0 heteroatoms. The summed E-state index contributed by atoms with van der Waals surface area (Å²) in [6, 6.07) is 4.86. The molecule has 0 atom stereocenters. The van der Waals surface area contributed by atoms with Gasteiger partial charge in [0.1, 0.15) is 0 Å². The molecule has 0 spiro atoms. The summed E-state index contributed by atoms with van der Waals surface area (Å²) in [5, 5.41) is 0. The molecular formula is C18H30. The highest BCUT2D eigenvalue weighted by Gasteiger charge is 2.16. The normalized spacial score (nSPS) is 12.6. The molecule has 0 bridgehead atoms. The summed E-state index contributed by atoms with van der Waals surface area (Å²) in [7, 11) is 0. The van der Waals surface area contributed by atoms with Crippen LogP contribution in [0.15, 0.2) is 12.1 Å². The van der Waals surface area contributed by atoms with E-state index in [4.69, 9.17) is 0 Å². The predicted octanol–water partition coefficient (Wildman–Crippen LogP) is 5.83. The van der Waals surface area contributed by atoms with Gasteiger partial charge in [-0.15, -0.1) is 0 Å². The van der Waals surface area contributed by atoms with Crippen molar-refractivity contribution in [3.63, 3.8) is 0 Å². The summed E-state index contributed by atoms with van der Waals surface area (Å²) in [6.45, 7) is 18.4. The van der Waals surface area contributed by atoms with E-state index in [2.05, 4.69) is 67.5 Å². The highest BCUT2D eigenvalue weighted by atomic mass is 14.2. The quantitative estimate of drug-likeness (QED) is 0.629. The fraction of sp³-hybridized carbons (Fsp3) is 0.667. The Morgan fingerprint density at radius 1 is 0.889 bits per heavy atom. The molecule has 0 unspecified atom stereocenters. The van der Waals surface area contributed by atoms with Gasteiger partial charge in [0.25, 0.3) is 0 Å². The third-order valence-corrected chi connectivity index (χ3v) is 3.53. The lowest BCUT2D eigenvalue weighted by atomic mass is 9.82. The number of rotatable bonds is 3. The maximum absolute atomic E-state index is 2.43. The number of hydrogen-bond donors (Lipinski definition) is 0. The molecule has 0 aliphatic rings. The van der Waals surface area contributed by atoms with Crippen LogP contribution < -0.4 is 0 Å². The third kappa shape index (κ3) is 3.86. The van der Waals surface area contributed by atoms with Gasteiger partial charge in [-0.2, -0.15) is 0 Å². The first kappa shape index (κ1) is 15.3. The number of hydrogen-bond acceptors (Lipinski definition) is 0. The molecule has 0 fully saturated rings. The van der Waals surface area contributed by atoms with Crippen LogP contribution in [0.4, 0.5) is 0 Å². The average molecular weight is 246 g/mol. The van der Waals surface area contributed by atoms with Gasteiger partial charge in [-0.1, -0.05) is 60.6 Å². The maximum Gasteiger partial charge on any atom is -0.0216 e. The molecule has 0 saturated heterocycles. The van der Waals surface area contributed by atoms with Gasteiger partial charge in [0.2, 0.25) is 0 Å². The molecule has 18 heavy (non-hydrogen) atoms. The molecule has 1 rings (SSSR count). The van der Waals surface area contributed by atoms with E-state index in [0.717, 1.165) is 6.42 Å². The fourth-order valence-electron chi connectivity index (χ4n) is 2.74. The van der Waals surface area contributed by atoms with Crippen molar-refractivity contribution in [2.45, 2.75) is 73.6 Å². The Labute approximate surface area is 114 Å². The van der Waals surface area contributed by atoms with Crippen molar-refractivity contribution in [2.75, 3.05) is 0 Å². The van der Waals surface area contributed by atoms with Crippen molar-refractivity contribution in [1.82, 2.24) is 0 Å². The molecule has 0 saturated carbocycles. The zero-order valence-corrected chi connectivity index (χ0v) is 13.5. The molecule has 0 heterocycles. The Morgan fingerprint density at radius 2 is 1.28 bits per heavy atom. The predicted molar refractivity (Wildman–Crippen MR) is 82.5 cm³/mol. The highest BCUT2D eigenvalue weighted by Crippen LogP contribution is 2.31. The van der Waals surface area contributed by atoms with E-state index in [1.54, 1.807) is 0 Å². The second-order valence-corrected chi connectivity index (χ2v) is 7.45. The first-order valence-electron chi connectivity index (χ1n) is 7.25. The molecule has 0 radical (unpaired) electrons. The van der Waals surface area contributed by atoms with Crippen molar-refractivity contribution >= 4 is 0 Å². The van der Waals surface area contributed by atoms with E-state index in [0.29, 0.717) is 17.3 Å². The van der Waals surface area contributed by atoms with Crippen molar-refractivity contribution in [2.24, 2.45) is 5.41 Å². The zero-order valence-electron chi connectivity index (χ0n) is 13.5.